The third-order valence-corrected chi connectivity index (χ3v) is 2.61. The van der Waals surface area contributed by atoms with Gasteiger partial charge in [-0.2, -0.15) is 13.2 Å². The van der Waals surface area contributed by atoms with Crippen LogP contribution in [-0.4, -0.2) is 24.4 Å². The number of halogens is 3. The first kappa shape index (κ1) is 14.0. The van der Waals surface area contributed by atoms with Crippen LogP contribution in [0.25, 0.3) is 0 Å². The summed E-state index contributed by atoms with van der Waals surface area (Å²) in [6.07, 6.45) is 0. The van der Waals surface area contributed by atoms with Crippen molar-refractivity contribution in [2.45, 2.75) is 12.4 Å². The molecule has 1 rings (SSSR count). The predicted molar refractivity (Wildman–Crippen MR) is 64.6 cm³/mol. The molecule has 0 spiro atoms. The summed E-state index contributed by atoms with van der Waals surface area (Å²) in [7, 11) is 0. The summed E-state index contributed by atoms with van der Waals surface area (Å²) in [5, 5.41) is 2.92. The molecule has 0 fully saturated rings. The Hall–Kier alpha value is -1.04. The van der Waals surface area contributed by atoms with E-state index in [9.17, 15) is 13.2 Å². The molecule has 6 heteroatoms. The van der Waals surface area contributed by atoms with E-state index in [2.05, 4.69) is 5.32 Å². The van der Waals surface area contributed by atoms with Crippen molar-refractivity contribution in [3.8, 4) is 5.75 Å². The number of nitrogens with one attached hydrogen (secondary N) is 1. The van der Waals surface area contributed by atoms with E-state index in [1.54, 1.807) is 12.1 Å². The zero-order chi connectivity index (χ0) is 12.7. The van der Waals surface area contributed by atoms with Crippen LogP contribution < -0.4 is 10.1 Å². The highest BCUT2D eigenvalue weighted by molar-refractivity contribution is 8.00. The van der Waals surface area contributed by atoms with Gasteiger partial charge in [-0.15, -0.1) is 0 Å². The van der Waals surface area contributed by atoms with E-state index in [1.807, 2.05) is 19.1 Å². The molecule has 96 valence electrons. The smallest absolute Gasteiger partial charge is 0.441 e. The Labute approximate surface area is 103 Å². The third kappa shape index (κ3) is 5.72. The molecular formula is C11H14F3NOS. The molecule has 0 saturated carbocycles. The number of anilines is 1. The lowest BCUT2D eigenvalue weighted by molar-refractivity contribution is -0.0327. The Morgan fingerprint density at radius 3 is 2.65 bits per heavy atom. The Bertz CT molecular complexity index is 344. The Balaban J connectivity index is 2.41. The normalized spacial score (nSPS) is 11.3. The molecule has 0 radical (unpaired) electrons. The summed E-state index contributed by atoms with van der Waals surface area (Å²) in [6, 6.07) is 7.19. The van der Waals surface area contributed by atoms with E-state index in [-0.39, 0.29) is 24.1 Å². The van der Waals surface area contributed by atoms with Gasteiger partial charge in [0.15, 0.2) is 0 Å². The fourth-order valence-electron chi connectivity index (χ4n) is 1.25. The van der Waals surface area contributed by atoms with Crippen LogP contribution in [0.5, 0.6) is 5.75 Å². The Morgan fingerprint density at radius 2 is 2.00 bits per heavy atom. The van der Waals surface area contributed by atoms with Gasteiger partial charge in [0, 0.05) is 12.3 Å². The number of thioether (sulfide) groups is 1. The van der Waals surface area contributed by atoms with Gasteiger partial charge in [-0.05, 0) is 30.8 Å². The predicted octanol–water partition coefficient (Wildman–Crippen LogP) is 3.75. The van der Waals surface area contributed by atoms with Crippen molar-refractivity contribution in [3.63, 3.8) is 0 Å². The maximum absolute atomic E-state index is 11.9. The molecule has 2 nitrogen and oxygen atoms in total. The molecule has 1 aromatic rings. The van der Waals surface area contributed by atoms with Crippen LogP contribution in [0.15, 0.2) is 24.3 Å². The molecular weight excluding hydrogens is 251 g/mol. The first-order valence-corrected chi connectivity index (χ1v) is 6.18. The van der Waals surface area contributed by atoms with E-state index < -0.39 is 5.51 Å². The Kier molecular flexibility index (Phi) is 5.47. The molecule has 1 N–H and O–H groups in total. The molecule has 0 aliphatic carbocycles. The van der Waals surface area contributed by atoms with E-state index in [1.165, 1.54) is 0 Å². The SMILES string of the molecule is CCOc1ccccc1NCCSC(F)(F)F. The van der Waals surface area contributed by atoms with Crippen molar-refractivity contribution in [1.29, 1.82) is 0 Å². The highest BCUT2D eigenvalue weighted by Crippen LogP contribution is 2.30. The number of hydrogen-bond donors (Lipinski definition) is 1. The average molecular weight is 265 g/mol. The second-order valence-electron chi connectivity index (χ2n) is 3.15. The minimum atomic E-state index is -4.17. The molecule has 0 bridgehead atoms. The number of alkyl halides is 3. The van der Waals surface area contributed by atoms with Crippen LogP contribution >= 0.6 is 11.8 Å². The zero-order valence-electron chi connectivity index (χ0n) is 9.38. The maximum Gasteiger partial charge on any atom is 0.441 e. The first-order valence-electron chi connectivity index (χ1n) is 5.19. The topological polar surface area (TPSA) is 21.3 Å². The zero-order valence-corrected chi connectivity index (χ0v) is 10.2. The van der Waals surface area contributed by atoms with Crippen LogP contribution in [-0.2, 0) is 0 Å². The molecule has 17 heavy (non-hydrogen) atoms. The second kappa shape index (κ2) is 6.64. The highest BCUT2D eigenvalue weighted by atomic mass is 32.2. The monoisotopic (exact) mass is 265 g/mol. The van der Waals surface area contributed by atoms with Gasteiger partial charge in [0.25, 0.3) is 0 Å². The van der Waals surface area contributed by atoms with Gasteiger partial charge in [0.2, 0.25) is 0 Å². The van der Waals surface area contributed by atoms with Crippen LogP contribution in [0, 0.1) is 0 Å². The highest BCUT2D eigenvalue weighted by Gasteiger charge is 2.27. The lowest BCUT2D eigenvalue weighted by atomic mass is 10.3. The molecule has 0 aromatic heterocycles. The lowest BCUT2D eigenvalue weighted by Gasteiger charge is -2.12. The van der Waals surface area contributed by atoms with Crippen molar-refractivity contribution in [2.75, 3.05) is 24.2 Å². The molecule has 0 saturated heterocycles. The van der Waals surface area contributed by atoms with Gasteiger partial charge < -0.3 is 10.1 Å². The molecule has 0 atom stereocenters. The van der Waals surface area contributed by atoms with E-state index in [0.29, 0.717) is 12.4 Å². The van der Waals surface area contributed by atoms with Crippen molar-refractivity contribution >= 4 is 17.4 Å². The van der Waals surface area contributed by atoms with Gasteiger partial charge in [0.05, 0.1) is 12.3 Å². The average Bonchev–Trinajstić information content (AvgIpc) is 2.25. The molecule has 0 aliphatic rings. The quantitative estimate of drug-likeness (QED) is 0.791. The third-order valence-electron chi connectivity index (χ3n) is 1.87. The number of hydrogen-bond acceptors (Lipinski definition) is 3. The van der Waals surface area contributed by atoms with Crippen LogP contribution in [0.4, 0.5) is 18.9 Å². The number of rotatable bonds is 6. The van der Waals surface area contributed by atoms with Gasteiger partial charge in [-0.3, -0.25) is 0 Å². The van der Waals surface area contributed by atoms with Crippen LogP contribution in [0.1, 0.15) is 6.92 Å². The summed E-state index contributed by atoms with van der Waals surface area (Å²) in [5.41, 5.74) is -3.45. The van der Waals surface area contributed by atoms with Crippen molar-refractivity contribution in [3.05, 3.63) is 24.3 Å². The number of para-hydroxylation sites is 2. The summed E-state index contributed by atoms with van der Waals surface area (Å²) < 4.78 is 41.0. The summed E-state index contributed by atoms with van der Waals surface area (Å²) in [5.74, 6) is 0.635. The largest absolute Gasteiger partial charge is 0.492 e. The number of ether oxygens (including phenoxy) is 1. The minimum absolute atomic E-state index is 0.0238. The van der Waals surface area contributed by atoms with Gasteiger partial charge in [-0.1, -0.05) is 12.1 Å². The fraction of sp³-hybridized carbons (Fsp3) is 0.455. The van der Waals surface area contributed by atoms with E-state index >= 15 is 0 Å². The van der Waals surface area contributed by atoms with Crippen molar-refractivity contribution in [2.24, 2.45) is 0 Å². The molecule has 0 aliphatic heterocycles. The van der Waals surface area contributed by atoms with Gasteiger partial charge >= 0.3 is 5.51 Å². The standard InChI is InChI=1S/C11H14F3NOS/c1-2-16-10-6-4-3-5-9(10)15-7-8-17-11(12,13)14/h3-6,15H,2,7-8H2,1H3. The van der Waals surface area contributed by atoms with E-state index in [4.69, 9.17) is 4.74 Å². The van der Waals surface area contributed by atoms with Gasteiger partial charge in [0.1, 0.15) is 5.75 Å². The maximum atomic E-state index is 11.9. The molecule has 0 heterocycles. The second-order valence-corrected chi connectivity index (χ2v) is 4.31. The number of benzene rings is 1. The van der Waals surface area contributed by atoms with Crippen molar-refractivity contribution < 1.29 is 17.9 Å². The minimum Gasteiger partial charge on any atom is -0.492 e. The Morgan fingerprint density at radius 1 is 1.29 bits per heavy atom. The summed E-state index contributed by atoms with van der Waals surface area (Å²) >= 11 is -0.0313. The molecule has 1 aromatic carbocycles. The fourth-order valence-corrected chi connectivity index (χ4v) is 1.68. The molecule has 0 amide bonds. The van der Waals surface area contributed by atoms with Gasteiger partial charge in [-0.25, -0.2) is 0 Å². The summed E-state index contributed by atoms with van der Waals surface area (Å²) in [6.45, 7) is 2.63. The molecule has 0 unspecified atom stereocenters. The van der Waals surface area contributed by atoms with Crippen LogP contribution in [0.2, 0.25) is 0 Å². The lowest BCUT2D eigenvalue weighted by Crippen LogP contribution is -2.10. The van der Waals surface area contributed by atoms with Crippen LogP contribution in [0.3, 0.4) is 0 Å². The van der Waals surface area contributed by atoms with Crippen molar-refractivity contribution in [1.82, 2.24) is 0 Å². The first-order chi connectivity index (χ1) is 8.03. The van der Waals surface area contributed by atoms with E-state index in [0.717, 1.165) is 5.69 Å². The summed E-state index contributed by atoms with van der Waals surface area (Å²) in [4.78, 5) is 0.